The number of amides is 1. The second-order valence-corrected chi connectivity index (χ2v) is 9.86. The molecule has 0 aliphatic carbocycles. The fourth-order valence-corrected chi connectivity index (χ4v) is 5.11. The predicted octanol–water partition coefficient (Wildman–Crippen LogP) is 4.19. The summed E-state index contributed by atoms with van der Waals surface area (Å²) in [6.07, 6.45) is 0. The highest BCUT2D eigenvalue weighted by Gasteiger charge is 2.28. The van der Waals surface area contributed by atoms with Crippen LogP contribution in [0.4, 0.5) is 5.69 Å². The molecule has 0 fully saturated rings. The Bertz CT molecular complexity index is 1270. The van der Waals surface area contributed by atoms with Crippen molar-refractivity contribution in [3.05, 3.63) is 76.8 Å². The number of nitrogens with zero attached hydrogens (tertiary/aromatic N) is 1. The third-order valence-corrected chi connectivity index (χ3v) is 7.31. The monoisotopic (exact) mass is 518 g/mol. The summed E-state index contributed by atoms with van der Waals surface area (Å²) in [5.41, 5.74) is 1.81. The molecule has 3 rings (SSSR count). The van der Waals surface area contributed by atoms with Gasteiger partial charge in [0.1, 0.15) is 6.54 Å². The summed E-state index contributed by atoms with van der Waals surface area (Å²) in [5.74, 6) is 0.843. The lowest BCUT2D eigenvalue weighted by molar-refractivity contribution is -0.119. The largest absolute Gasteiger partial charge is 0.493 e. The molecule has 0 atom stereocenters. The van der Waals surface area contributed by atoms with Gasteiger partial charge >= 0.3 is 0 Å². The number of benzene rings is 3. The van der Waals surface area contributed by atoms with Crippen molar-refractivity contribution in [3.8, 4) is 17.2 Å². The molecular weight excluding hydrogens is 492 g/mol. The van der Waals surface area contributed by atoms with Crippen molar-refractivity contribution < 1.29 is 27.4 Å². The van der Waals surface area contributed by atoms with Gasteiger partial charge in [0.05, 0.1) is 31.9 Å². The summed E-state index contributed by atoms with van der Waals surface area (Å²) in [7, 11) is 0.461. The first-order chi connectivity index (χ1) is 16.7. The molecule has 0 aromatic heterocycles. The fourth-order valence-electron chi connectivity index (χ4n) is 3.50. The minimum absolute atomic E-state index is 0.0302. The van der Waals surface area contributed by atoms with Gasteiger partial charge in [0, 0.05) is 11.6 Å². The van der Waals surface area contributed by atoms with E-state index in [0.29, 0.717) is 39.1 Å². The van der Waals surface area contributed by atoms with Crippen molar-refractivity contribution in [3.63, 3.8) is 0 Å². The van der Waals surface area contributed by atoms with Crippen LogP contribution in [0.1, 0.15) is 11.1 Å². The Morgan fingerprint density at radius 3 is 2.09 bits per heavy atom. The number of hydrogen-bond donors (Lipinski definition) is 1. The average Bonchev–Trinajstić information content (AvgIpc) is 2.86. The Balaban J connectivity index is 1.87. The van der Waals surface area contributed by atoms with Gasteiger partial charge in [-0.3, -0.25) is 9.10 Å². The van der Waals surface area contributed by atoms with Crippen LogP contribution in [0.2, 0.25) is 5.02 Å². The van der Waals surface area contributed by atoms with E-state index in [0.717, 1.165) is 4.31 Å². The van der Waals surface area contributed by atoms with Gasteiger partial charge in [-0.15, -0.1) is 0 Å². The maximum Gasteiger partial charge on any atom is 0.264 e. The van der Waals surface area contributed by atoms with Crippen LogP contribution in [0.5, 0.6) is 17.2 Å². The molecule has 3 aromatic rings. The molecule has 8 nitrogen and oxygen atoms in total. The molecule has 0 heterocycles. The van der Waals surface area contributed by atoms with E-state index in [4.69, 9.17) is 25.8 Å². The maximum atomic E-state index is 13.5. The third-order valence-electron chi connectivity index (χ3n) is 5.29. The molecule has 0 aliphatic heterocycles. The molecule has 186 valence electrons. The molecule has 0 radical (unpaired) electrons. The third kappa shape index (κ3) is 5.98. The zero-order valence-electron chi connectivity index (χ0n) is 19.9. The van der Waals surface area contributed by atoms with E-state index in [9.17, 15) is 13.2 Å². The van der Waals surface area contributed by atoms with Gasteiger partial charge < -0.3 is 19.5 Å². The number of nitrogens with one attached hydrogen (secondary N) is 1. The number of carbonyl (C=O) groups excluding carboxylic acids is 1. The molecule has 1 amide bonds. The molecule has 1 N–H and O–H groups in total. The standard InChI is InChI=1S/C25H27ClN2O6S/c1-17-7-5-6-8-21(17)28(35(30,31)20-11-9-19(26)10-12-20)16-24(29)27-15-18-13-22(32-2)25(34-4)23(14-18)33-3/h5-14H,15-16H2,1-4H3,(H,27,29). The number of ether oxygens (including phenoxy) is 3. The lowest BCUT2D eigenvalue weighted by atomic mass is 10.1. The number of rotatable bonds is 10. The number of anilines is 1. The second kappa shape index (κ2) is 11.3. The number of sulfonamides is 1. The van der Waals surface area contributed by atoms with Gasteiger partial charge in [0.2, 0.25) is 11.7 Å². The number of para-hydroxylation sites is 1. The van der Waals surface area contributed by atoms with E-state index in [2.05, 4.69) is 5.32 Å². The molecule has 35 heavy (non-hydrogen) atoms. The second-order valence-electron chi connectivity index (χ2n) is 7.56. The highest BCUT2D eigenvalue weighted by atomic mass is 35.5. The van der Waals surface area contributed by atoms with Crippen LogP contribution < -0.4 is 23.8 Å². The summed E-state index contributed by atoms with van der Waals surface area (Å²) in [5, 5.41) is 3.18. The lowest BCUT2D eigenvalue weighted by Gasteiger charge is -2.25. The van der Waals surface area contributed by atoms with Crippen LogP contribution in [0, 0.1) is 6.92 Å². The van der Waals surface area contributed by atoms with E-state index in [1.165, 1.54) is 45.6 Å². The first-order valence-electron chi connectivity index (χ1n) is 10.6. The van der Waals surface area contributed by atoms with Crippen LogP contribution in [-0.2, 0) is 21.4 Å². The van der Waals surface area contributed by atoms with E-state index in [1.54, 1.807) is 43.3 Å². The minimum Gasteiger partial charge on any atom is -0.493 e. The average molecular weight is 519 g/mol. The molecule has 0 bridgehead atoms. The summed E-state index contributed by atoms with van der Waals surface area (Å²) in [6, 6.07) is 16.2. The summed E-state index contributed by atoms with van der Waals surface area (Å²) in [4.78, 5) is 13.0. The van der Waals surface area contributed by atoms with Crippen LogP contribution in [0.3, 0.4) is 0 Å². The molecule has 0 spiro atoms. The van der Waals surface area contributed by atoms with Crippen molar-refractivity contribution >= 4 is 33.2 Å². The zero-order valence-corrected chi connectivity index (χ0v) is 21.4. The van der Waals surface area contributed by atoms with Crippen LogP contribution >= 0.6 is 11.6 Å². The number of carbonyl (C=O) groups is 1. The first kappa shape index (κ1) is 26.2. The van der Waals surface area contributed by atoms with Gasteiger partial charge in [-0.25, -0.2) is 8.42 Å². The van der Waals surface area contributed by atoms with E-state index in [-0.39, 0.29) is 11.4 Å². The van der Waals surface area contributed by atoms with Crippen molar-refractivity contribution in [2.75, 3.05) is 32.2 Å². The number of aryl methyl sites for hydroxylation is 1. The Morgan fingerprint density at radius 1 is 0.943 bits per heavy atom. The lowest BCUT2D eigenvalue weighted by Crippen LogP contribution is -2.41. The number of methoxy groups -OCH3 is 3. The topological polar surface area (TPSA) is 94.2 Å². The first-order valence-corrected chi connectivity index (χ1v) is 12.4. The van der Waals surface area contributed by atoms with Crippen molar-refractivity contribution in [1.29, 1.82) is 0 Å². The SMILES string of the molecule is COc1cc(CNC(=O)CN(c2ccccc2C)S(=O)(=O)c2ccc(Cl)cc2)cc(OC)c1OC. The normalized spacial score (nSPS) is 11.0. The van der Waals surface area contributed by atoms with E-state index in [1.807, 2.05) is 0 Å². The quantitative estimate of drug-likeness (QED) is 0.432. The van der Waals surface area contributed by atoms with Crippen molar-refractivity contribution in [2.45, 2.75) is 18.4 Å². The van der Waals surface area contributed by atoms with Crippen LogP contribution in [-0.4, -0.2) is 42.2 Å². The number of halogens is 1. The van der Waals surface area contributed by atoms with Crippen molar-refractivity contribution in [2.24, 2.45) is 0 Å². The molecule has 0 aliphatic rings. The smallest absolute Gasteiger partial charge is 0.264 e. The van der Waals surface area contributed by atoms with Crippen LogP contribution in [0.15, 0.2) is 65.6 Å². The van der Waals surface area contributed by atoms with Gasteiger partial charge in [-0.1, -0.05) is 29.8 Å². The molecular formula is C25H27ClN2O6S. The fraction of sp³-hybridized carbons (Fsp3) is 0.240. The van der Waals surface area contributed by atoms with Gasteiger partial charge in [-0.05, 0) is 60.5 Å². The van der Waals surface area contributed by atoms with E-state index < -0.39 is 22.5 Å². The number of hydrogen-bond acceptors (Lipinski definition) is 6. The Kier molecular flexibility index (Phi) is 8.48. The van der Waals surface area contributed by atoms with Crippen molar-refractivity contribution in [1.82, 2.24) is 5.32 Å². The van der Waals surface area contributed by atoms with Crippen LogP contribution in [0.25, 0.3) is 0 Å². The summed E-state index contributed by atoms with van der Waals surface area (Å²) < 4.78 is 44.1. The highest BCUT2D eigenvalue weighted by molar-refractivity contribution is 7.92. The molecule has 3 aromatic carbocycles. The zero-order chi connectivity index (χ0) is 25.6. The Labute approximate surface area is 210 Å². The molecule has 0 saturated heterocycles. The maximum absolute atomic E-state index is 13.5. The Morgan fingerprint density at radius 2 is 1.54 bits per heavy atom. The molecule has 10 heteroatoms. The predicted molar refractivity (Wildman–Crippen MR) is 135 cm³/mol. The minimum atomic E-state index is -4.04. The molecule has 0 saturated carbocycles. The molecule has 0 unspecified atom stereocenters. The van der Waals surface area contributed by atoms with Gasteiger partial charge in [0.15, 0.2) is 11.5 Å². The van der Waals surface area contributed by atoms with E-state index >= 15 is 0 Å². The highest BCUT2D eigenvalue weighted by Crippen LogP contribution is 2.38. The van der Waals surface area contributed by atoms with Gasteiger partial charge in [-0.2, -0.15) is 0 Å². The Hall–Kier alpha value is -3.43. The summed E-state index contributed by atoms with van der Waals surface area (Å²) >= 11 is 5.93. The van der Waals surface area contributed by atoms with Gasteiger partial charge in [0.25, 0.3) is 10.0 Å². The summed E-state index contributed by atoms with van der Waals surface area (Å²) in [6.45, 7) is 1.49.